The highest BCUT2D eigenvalue weighted by Crippen LogP contribution is 2.30. The first-order chi connectivity index (χ1) is 12.5. The van der Waals surface area contributed by atoms with Crippen LogP contribution < -0.4 is 9.64 Å². The summed E-state index contributed by atoms with van der Waals surface area (Å²) in [6.07, 6.45) is 1.73. The van der Waals surface area contributed by atoms with Crippen LogP contribution in [0.2, 0.25) is 0 Å². The van der Waals surface area contributed by atoms with E-state index in [0.29, 0.717) is 12.6 Å². The zero-order valence-corrected chi connectivity index (χ0v) is 14.9. The molecule has 1 aromatic heterocycles. The van der Waals surface area contributed by atoms with Gasteiger partial charge in [0.2, 0.25) is 0 Å². The quantitative estimate of drug-likeness (QED) is 0.693. The molecule has 0 fully saturated rings. The summed E-state index contributed by atoms with van der Waals surface area (Å²) in [6.45, 7) is 4.57. The fourth-order valence-corrected chi connectivity index (χ4v) is 2.93. The minimum absolute atomic E-state index is 0.279. The van der Waals surface area contributed by atoms with Crippen molar-refractivity contribution in [3.63, 3.8) is 0 Å². The van der Waals surface area contributed by atoms with Crippen molar-refractivity contribution in [3.8, 4) is 5.75 Å². The molecule has 1 aliphatic rings. The molecule has 3 aromatic rings. The van der Waals surface area contributed by atoms with E-state index in [-0.39, 0.29) is 5.82 Å². The maximum absolute atomic E-state index is 13.3. The van der Waals surface area contributed by atoms with E-state index in [4.69, 9.17) is 4.74 Å². The molecule has 26 heavy (non-hydrogen) atoms. The Morgan fingerprint density at radius 2 is 1.85 bits per heavy atom. The number of aromatic nitrogens is 2. The minimum atomic E-state index is -0.279. The number of rotatable bonds is 2. The summed E-state index contributed by atoms with van der Waals surface area (Å²) in [4.78, 5) is 11.0. The Hall–Kier alpha value is -3.15. The Kier molecular flexibility index (Phi) is 3.95. The lowest BCUT2D eigenvalue weighted by Gasteiger charge is -2.28. The highest BCUT2D eigenvalue weighted by atomic mass is 19.1. The van der Waals surface area contributed by atoms with Gasteiger partial charge in [-0.2, -0.15) is 4.99 Å². The number of anilines is 1. The molecular formula is C20H19FN4O. The van der Waals surface area contributed by atoms with Gasteiger partial charge in [-0.15, -0.1) is 0 Å². The van der Waals surface area contributed by atoms with Crippen LogP contribution in [0.15, 0.2) is 53.8 Å². The smallest absolute Gasteiger partial charge is 0.304 e. The first kappa shape index (κ1) is 16.3. The molecule has 0 aliphatic carbocycles. The van der Waals surface area contributed by atoms with Crippen LogP contribution in [0.5, 0.6) is 5.75 Å². The highest BCUT2D eigenvalue weighted by Gasteiger charge is 2.26. The summed E-state index contributed by atoms with van der Waals surface area (Å²) in [5.74, 6) is 1.24. The largest absolute Gasteiger partial charge is 0.425 e. The third kappa shape index (κ3) is 2.83. The Morgan fingerprint density at radius 1 is 1.08 bits per heavy atom. The number of hydrogen-bond acceptors (Lipinski definition) is 4. The van der Waals surface area contributed by atoms with Crippen LogP contribution in [-0.4, -0.2) is 15.6 Å². The molecule has 0 atom stereocenters. The topological polar surface area (TPSA) is 42.7 Å². The number of hydrogen-bond donors (Lipinski definition) is 0. The minimum Gasteiger partial charge on any atom is -0.425 e. The molecule has 0 unspecified atom stereocenters. The van der Waals surface area contributed by atoms with Gasteiger partial charge in [0, 0.05) is 12.7 Å². The van der Waals surface area contributed by atoms with E-state index in [0.717, 1.165) is 34.1 Å². The van der Waals surface area contributed by atoms with Gasteiger partial charge >= 0.3 is 6.02 Å². The van der Waals surface area contributed by atoms with Crippen LogP contribution in [0.4, 0.5) is 15.9 Å². The maximum atomic E-state index is 13.3. The van der Waals surface area contributed by atoms with Gasteiger partial charge in [-0.1, -0.05) is 12.1 Å². The summed E-state index contributed by atoms with van der Waals surface area (Å²) < 4.78 is 21.4. The van der Waals surface area contributed by atoms with E-state index < -0.39 is 0 Å². The van der Waals surface area contributed by atoms with Crippen molar-refractivity contribution in [1.29, 1.82) is 0 Å². The standard InChI is InChI=1S/C20H19FN4O/c1-13-5-4-6-18(14(13)2)26-20-23-19-17(22-12-24(19)3)11-25(20)16-9-7-15(21)8-10-16/h4-10,12H,11H2,1-3H3. The number of benzene rings is 2. The molecule has 132 valence electrons. The molecule has 0 saturated carbocycles. The third-order valence-corrected chi connectivity index (χ3v) is 4.61. The first-order valence-corrected chi connectivity index (χ1v) is 8.39. The van der Waals surface area contributed by atoms with Crippen molar-refractivity contribution in [3.05, 3.63) is 71.4 Å². The van der Waals surface area contributed by atoms with Gasteiger partial charge in [0.05, 0.1) is 12.9 Å². The maximum Gasteiger partial charge on any atom is 0.304 e. The van der Waals surface area contributed by atoms with Gasteiger partial charge < -0.3 is 9.30 Å². The molecule has 0 spiro atoms. The monoisotopic (exact) mass is 350 g/mol. The number of fused-ring (bicyclic) bond motifs is 1. The average molecular weight is 350 g/mol. The number of ether oxygens (including phenoxy) is 1. The first-order valence-electron chi connectivity index (χ1n) is 8.39. The molecular weight excluding hydrogens is 331 g/mol. The summed E-state index contributed by atoms with van der Waals surface area (Å²) >= 11 is 0. The zero-order chi connectivity index (χ0) is 18.3. The van der Waals surface area contributed by atoms with Gasteiger partial charge in [-0.05, 0) is 55.3 Å². The van der Waals surface area contributed by atoms with Crippen molar-refractivity contribution >= 4 is 17.5 Å². The Labute approximate surface area is 151 Å². The fraction of sp³-hybridized carbons (Fsp3) is 0.200. The van der Waals surface area contributed by atoms with Crippen molar-refractivity contribution in [2.45, 2.75) is 20.4 Å². The Morgan fingerprint density at radius 3 is 2.62 bits per heavy atom. The normalized spacial score (nSPS) is 13.4. The molecule has 2 aromatic carbocycles. The van der Waals surface area contributed by atoms with Crippen molar-refractivity contribution in [2.24, 2.45) is 12.0 Å². The molecule has 0 bridgehead atoms. The summed E-state index contributed by atoms with van der Waals surface area (Å²) in [5.41, 5.74) is 3.86. The summed E-state index contributed by atoms with van der Waals surface area (Å²) in [7, 11) is 1.90. The molecule has 5 nitrogen and oxygen atoms in total. The van der Waals surface area contributed by atoms with Gasteiger partial charge in [-0.3, -0.25) is 4.90 Å². The lowest BCUT2D eigenvalue weighted by Crippen LogP contribution is -2.37. The SMILES string of the molecule is Cc1cccc(OC2=Nc3c(ncn3C)CN2c2ccc(F)cc2)c1C. The second-order valence-corrected chi connectivity index (χ2v) is 6.38. The predicted molar refractivity (Wildman–Crippen MR) is 99.4 cm³/mol. The van der Waals surface area contributed by atoms with E-state index in [1.807, 2.05) is 48.6 Å². The van der Waals surface area contributed by atoms with Gasteiger partial charge in [0.25, 0.3) is 0 Å². The van der Waals surface area contributed by atoms with E-state index in [9.17, 15) is 4.39 Å². The summed E-state index contributed by atoms with van der Waals surface area (Å²) in [6, 6.07) is 12.7. The van der Waals surface area contributed by atoms with Gasteiger partial charge in [-0.25, -0.2) is 9.37 Å². The lowest BCUT2D eigenvalue weighted by molar-refractivity contribution is 0.521. The highest BCUT2D eigenvalue weighted by molar-refractivity contribution is 5.96. The van der Waals surface area contributed by atoms with E-state index in [1.165, 1.54) is 12.1 Å². The number of imidazole rings is 1. The van der Waals surface area contributed by atoms with Crippen LogP contribution in [-0.2, 0) is 13.6 Å². The number of halogens is 1. The number of aryl methyl sites for hydroxylation is 2. The lowest BCUT2D eigenvalue weighted by atomic mass is 10.1. The molecule has 0 N–H and O–H groups in total. The third-order valence-electron chi connectivity index (χ3n) is 4.61. The average Bonchev–Trinajstić information content (AvgIpc) is 2.99. The Bertz CT molecular complexity index is 992. The predicted octanol–water partition coefficient (Wildman–Crippen LogP) is 4.26. The van der Waals surface area contributed by atoms with E-state index in [1.54, 1.807) is 18.5 Å². The number of nitrogens with zero attached hydrogens (tertiary/aromatic N) is 4. The molecule has 2 heterocycles. The fourth-order valence-electron chi connectivity index (χ4n) is 2.93. The van der Waals surface area contributed by atoms with Crippen LogP contribution in [0.25, 0.3) is 0 Å². The zero-order valence-electron chi connectivity index (χ0n) is 14.9. The molecule has 1 aliphatic heterocycles. The van der Waals surface area contributed by atoms with E-state index in [2.05, 4.69) is 9.98 Å². The van der Waals surface area contributed by atoms with Crippen LogP contribution in [0, 0.1) is 19.7 Å². The number of aliphatic imine (C=N–C) groups is 1. The second-order valence-electron chi connectivity index (χ2n) is 6.38. The Balaban J connectivity index is 1.78. The van der Waals surface area contributed by atoms with Crippen molar-refractivity contribution in [1.82, 2.24) is 9.55 Å². The van der Waals surface area contributed by atoms with E-state index >= 15 is 0 Å². The van der Waals surface area contributed by atoms with Gasteiger partial charge in [0.15, 0.2) is 5.82 Å². The van der Waals surface area contributed by atoms with Crippen LogP contribution in [0.1, 0.15) is 16.8 Å². The van der Waals surface area contributed by atoms with Gasteiger partial charge in [0.1, 0.15) is 17.3 Å². The van der Waals surface area contributed by atoms with Crippen LogP contribution >= 0.6 is 0 Å². The molecule has 0 radical (unpaired) electrons. The molecule has 0 amide bonds. The molecule has 4 rings (SSSR count). The number of amidine groups is 1. The second kappa shape index (κ2) is 6.29. The molecule has 0 saturated heterocycles. The van der Waals surface area contributed by atoms with Crippen molar-refractivity contribution in [2.75, 3.05) is 4.90 Å². The summed E-state index contributed by atoms with van der Waals surface area (Å²) in [5, 5.41) is 0. The van der Waals surface area contributed by atoms with Crippen LogP contribution in [0.3, 0.4) is 0 Å². The van der Waals surface area contributed by atoms with Crippen molar-refractivity contribution < 1.29 is 9.13 Å². The molecule has 6 heteroatoms.